The first-order chi connectivity index (χ1) is 14.7. The molecule has 1 aliphatic rings. The van der Waals surface area contributed by atoms with Gasteiger partial charge in [-0.3, -0.25) is 4.79 Å². The predicted molar refractivity (Wildman–Crippen MR) is 111 cm³/mol. The summed E-state index contributed by atoms with van der Waals surface area (Å²) in [5.74, 6) is -3.70. The number of aliphatic hydroxyl groups excluding tert-OH is 1. The minimum atomic E-state index is -2.62. The Balaban J connectivity index is 1.85. The molecular formula is C23H27F2NO5. The zero-order valence-electron chi connectivity index (χ0n) is 17.6. The number of halogens is 2. The summed E-state index contributed by atoms with van der Waals surface area (Å²) in [7, 11) is 1.17. The Morgan fingerprint density at radius 3 is 2.52 bits per heavy atom. The van der Waals surface area contributed by atoms with Gasteiger partial charge in [0, 0.05) is 18.2 Å². The minimum Gasteiger partial charge on any atom is -0.492 e. The third-order valence-electron chi connectivity index (χ3n) is 5.65. The van der Waals surface area contributed by atoms with E-state index in [4.69, 9.17) is 4.74 Å². The summed E-state index contributed by atoms with van der Waals surface area (Å²) in [4.78, 5) is 24.9. The van der Waals surface area contributed by atoms with Gasteiger partial charge in [-0.2, -0.15) is 0 Å². The van der Waals surface area contributed by atoms with Crippen molar-refractivity contribution in [2.24, 2.45) is 5.92 Å². The molecular weight excluding hydrogens is 408 g/mol. The second kappa shape index (κ2) is 9.60. The lowest BCUT2D eigenvalue weighted by Gasteiger charge is -2.28. The van der Waals surface area contributed by atoms with Crippen LogP contribution in [0.5, 0.6) is 5.75 Å². The number of hydrogen-bond acceptors (Lipinski definition) is 5. The molecule has 1 saturated carbocycles. The lowest BCUT2D eigenvalue weighted by Crippen LogP contribution is -2.48. The van der Waals surface area contributed by atoms with Gasteiger partial charge in [-0.15, -0.1) is 0 Å². The zero-order valence-corrected chi connectivity index (χ0v) is 17.6. The van der Waals surface area contributed by atoms with Crippen LogP contribution in [0, 0.1) is 5.92 Å². The number of hydrogen-bond donors (Lipinski definition) is 2. The van der Waals surface area contributed by atoms with Crippen LogP contribution in [0.4, 0.5) is 8.78 Å². The summed E-state index contributed by atoms with van der Waals surface area (Å²) < 4.78 is 37.6. The molecule has 6 nitrogen and oxygen atoms in total. The first-order valence-electron chi connectivity index (χ1n) is 10.3. The monoisotopic (exact) mass is 435 g/mol. The van der Waals surface area contributed by atoms with E-state index >= 15 is 0 Å². The third-order valence-corrected chi connectivity index (χ3v) is 5.65. The van der Waals surface area contributed by atoms with Crippen LogP contribution in [0.25, 0.3) is 10.8 Å². The molecule has 2 aromatic rings. The summed E-state index contributed by atoms with van der Waals surface area (Å²) in [5, 5.41) is 13.9. The van der Waals surface area contributed by atoms with E-state index in [0.29, 0.717) is 24.0 Å². The topological polar surface area (TPSA) is 84.9 Å². The average Bonchev–Trinajstić information content (AvgIpc) is 2.75. The van der Waals surface area contributed by atoms with Crippen molar-refractivity contribution in [1.29, 1.82) is 0 Å². The van der Waals surface area contributed by atoms with Gasteiger partial charge >= 0.3 is 5.97 Å². The maximum absolute atomic E-state index is 13.4. The first kappa shape index (κ1) is 22.9. The molecule has 1 aliphatic carbocycles. The van der Waals surface area contributed by atoms with Gasteiger partial charge < -0.3 is 19.9 Å². The molecule has 3 rings (SSSR count). The standard InChI is InChI=1S/C23H27F2NO5/c1-14(27)19(22(29)30-2)26-21(28)18-8-7-16-5-3-4-6-17(16)20(18)31-13-15-9-11-23(24,25)12-10-15/h3-8,14-15,19,27H,9-13H2,1-2H3,(H,26,28)/t14-,19+/m1/s1. The molecule has 0 aliphatic heterocycles. The number of amides is 1. The molecule has 0 unspecified atom stereocenters. The van der Waals surface area contributed by atoms with Gasteiger partial charge in [-0.1, -0.05) is 30.3 Å². The molecule has 2 aromatic carbocycles. The molecule has 0 radical (unpaired) electrons. The fourth-order valence-electron chi connectivity index (χ4n) is 3.77. The lowest BCUT2D eigenvalue weighted by molar-refractivity contribution is -0.145. The summed E-state index contributed by atoms with van der Waals surface area (Å²) in [6.07, 6.45) is -0.791. The van der Waals surface area contributed by atoms with Gasteiger partial charge in [0.2, 0.25) is 5.92 Å². The van der Waals surface area contributed by atoms with E-state index in [1.165, 1.54) is 14.0 Å². The number of benzene rings is 2. The van der Waals surface area contributed by atoms with Gasteiger partial charge in [-0.05, 0) is 37.1 Å². The molecule has 0 heterocycles. The Kier molecular flexibility index (Phi) is 7.10. The normalized spacial score (nSPS) is 18.2. The van der Waals surface area contributed by atoms with Crippen molar-refractivity contribution >= 4 is 22.6 Å². The quantitative estimate of drug-likeness (QED) is 0.648. The van der Waals surface area contributed by atoms with E-state index in [2.05, 4.69) is 10.1 Å². The van der Waals surface area contributed by atoms with Gasteiger partial charge in [0.15, 0.2) is 6.04 Å². The van der Waals surface area contributed by atoms with Crippen molar-refractivity contribution < 1.29 is 33.0 Å². The van der Waals surface area contributed by atoms with E-state index in [-0.39, 0.29) is 30.9 Å². The molecule has 168 valence electrons. The SMILES string of the molecule is COC(=O)[C@@H](NC(=O)c1ccc2ccccc2c1OCC1CCC(F)(F)CC1)[C@@H](C)O. The number of carbonyl (C=O) groups is 2. The molecule has 31 heavy (non-hydrogen) atoms. The van der Waals surface area contributed by atoms with Crippen LogP contribution in [0.2, 0.25) is 0 Å². The Hall–Kier alpha value is -2.74. The van der Waals surface area contributed by atoms with Gasteiger partial charge in [0.25, 0.3) is 5.91 Å². The molecule has 0 saturated heterocycles. The zero-order chi connectivity index (χ0) is 22.6. The largest absolute Gasteiger partial charge is 0.492 e. The summed E-state index contributed by atoms with van der Waals surface area (Å²) in [6.45, 7) is 1.58. The predicted octanol–water partition coefficient (Wildman–Crippen LogP) is 3.70. The molecule has 0 aromatic heterocycles. The van der Waals surface area contributed by atoms with Gasteiger partial charge in [-0.25, -0.2) is 13.6 Å². The smallest absolute Gasteiger partial charge is 0.331 e. The van der Waals surface area contributed by atoms with Crippen LogP contribution in [0.3, 0.4) is 0 Å². The Morgan fingerprint density at radius 2 is 1.87 bits per heavy atom. The van der Waals surface area contributed by atoms with Crippen molar-refractivity contribution in [3.63, 3.8) is 0 Å². The van der Waals surface area contributed by atoms with Crippen LogP contribution in [-0.4, -0.2) is 48.8 Å². The van der Waals surface area contributed by atoms with E-state index in [1.807, 2.05) is 24.3 Å². The molecule has 1 amide bonds. The van der Waals surface area contributed by atoms with Crippen LogP contribution >= 0.6 is 0 Å². The number of esters is 1. The molecule has 0 spiro atoms. The van der Waals surface area contributed by atoms with Crippen LogP contribution < -0.4 is 10.1 Å². The Labute approximate surface area is 179 Å². The number of aliphatic hydroxyl groups is 1. The second-order valence-corrected chi connectivity index (χ2v) is 7.99. The maximum Gasteiger partial charge on any atom is 0.331 e. The number of nitrogens with one attached hydrogen (secondary N) is 1. The molecule has 1 fully saturated rings. The highest BCUT2D eigenvalue weighted by atomic mass is 19.3. The fraction of sp³-hybridized carbons (Fsp3) is 0.478. The van der Waals surface area contributed by atoms with E-state index in [0.717, 1.165) is 5.39 Å². The van der Waals surface area contributed by atoms with Gasteiger partial charge in [0.1, 0.15) is 5.75 Å². The van der Waals surface area contributed by atoms with Crippen molar-refractivity contribution in [1.82, 2.24) is 5.32 Å². The number of methoxy groups -OCH3 is 1. The number of fused-ring (bicyclic) bond motifs is 1. The lowest BCUT2D eigenvalue weighted by atomic mass is 9.87. The second-order valence-electron chi connectivity index (χ2n) is 7.99. The van der Waals surface area contributed by atoms with E-state index in [1.54, 1.807) is 12.1 Å². The maximum atomic E-state index is 13.4. The Bertz CT molecular complexity index is 937. The fourth-order valence-corrected chi connectivity index (χ4v) is 3.77. The Morgan fingerprint density at radius 1 is 1.19 bits per heavy atom. The average molecular weight is 435 g/mol. The highest BCUT2D eigenvalue weighted by Gasteiger charge is 2.35. The van der Waals surface area contributed by atoms with Gasteiger partial charge in [0.05, 0.1) is 25.4 Å². The number of alkyl halides is 2. The first-order valence-corrected chi connectivity index (χ1v) is 10.3. The summed E-state index contributed by atoms with van der Waals surface area (Å²) in [6, 6.07) is 9.45. The van der Waals surface area contributed by atoms with Crippen molar-refractivity contribution in [3.05, 3.63) is 42.0 Å². The molecule has 8 heteroatoms. The van der Waals surface area contributed by atoms with E-state index in [9.17, 15) is 23.5 Å². The van der Waals surface area contributed by atoms with Crippen LogP contribution in [-0.2, 0) is 9.53 Å². The van der Waals surface area contributed by atoms with Crippen LogP contribution in [0.15, 0.2) is 36.4 Å². The summed E-state index contributed by atoms with van der Waals surface area (Å²) in [5.41, 5.74) is 0.189. The number of carbonyl (C=O) groups excluding carboxylic acids is 2. The van der Waals surface area contributed by atoms with Crippen molar-refractivity contribution in [3.8, 4) is 5.75 Å². The molecule has 0 bridgehead atoms. The summed E-state index contributed by atoms with van der Waals surface area (Å²) >= 11 is 0. The highest BCUT2D eigenvalue weighted by Crippen LogP contribution is 2.37. The molecule has 2 N–H and O–H groups in total. The number of ether oxygens (including phenoxy) is 2. The minimum absolute atomic E-state index is 0.0326. The van der Waals surface area contributed by atoms with Crippen molar-refractivity contribution in [2.75, 3.05) is 13.7 Å². The van der Waals surface area contributed by atoms with Crippen molar-refractivity contribution in [2.45, 2.75) is 50.7 Å². The van der Waals surface area contributed by atoms with E-state index < -0.39 is 29.9 Å². The third kappa shape index (κ3) is 5.50. The highest BCUT2D eigenvalue weighted by molar-refractivity contribution is 6.05. The molecule has 2 atom stereocenters. The number of rotatable bonds is 7. The van der Waals surface area contributed by atoms with Crippen LogP contribution in [0.1, 0.15) is 43.0 Å².